The molecule has 1 aliphatic rings. The van der Waals surface area contributed by atoms with E-state index in [4.69, 9.17) is 9.47 Å². The van der Waals surface area contributed by atoms with E-state index in [0.717, 1.165) is 0 Å². The molecule has 7 nitrogen and oxygen atoms in total. The highest BCUT2D eigenvalue weighted by Crippen LogP contribution is 2.23. The van der Waals surface area contributed by atoms with Crippen LogP contribution >= 0.6 is 0 Å². The molecule has 1 saturated heterocycles. The Morgan fingerprint density at radius 1 is 1.04 bits per heavy atom. The van der Waals surface area contributed by atoms with Crippen molar-refractivity contribution in [3.05, 3.63) is 23.8 Å². The van der Waals surface area contributed by atoms with E-state index in [9.17, 15) is 14.4 Å². The van der Waals surface area contributed by atoms with Crippen molar-refractivity contribution in [1.82, 2.24) is 10.2 Å². The SMILES string of the molecule is COc1cc(OC)cc(C(=O)NC2CCN(C(=O)CCC(C)=O)CC2)c1. The fourth-order valence-electron chi connectivity index (χ4n) is 2.92. The molecule has 0 unspecified atom stereocenters. The maximum atomic E-state index is 12.5. The van der Waals surface area contributed by atoms with Gasteiger partial charge in [-0.05, 0) is 31.9 Å². The second-order valence-corrected chi connectivity index (χ2v) is 6.43. The molecule has 1 aliphatic heterocycles. The van der Waals surface area contributed by atoms with Crippen molar-refractivity contribution >= 4 is 17.6 Å². The zero-order valence-corrected chi connectivity index (χ0v) is 15.5. The maximum Gasteiger partial charge on any atom is 0.251 e. The Kier molecular flexibility index (Phi) is 7.00. The number of nitrogens with one attached hydrogen (secondary N) is 1. The first-order chi connectivity index (χ1) is 12.4. The molecule has 0 aromatic heterocycles. The van der Waals surface area contributed by atoms with E-state index in [1.54, 1.807) is 23.1 Å². The molecule has 0 bridgehead atoms. The van der Waals surface area contributed by atoms with Gasteiger partial charge in [0.15, 0.2) is 0 Å². The minimum Gasteiger partial charge on any atom is -0.497 e. The van der Waals surface area contributed by atoms with Gasteiger partial charge in [-0.2, -0.15) is 0 Å². The van der Waals surface area contributed by atoms with Crippen LogP contribution in [0.1, 0.15) is 43.0 Å². The van der Waals surface area contributed by atoms with Crippen LogP contribution in [0.3, 0.4) is 0 Å². The number of carbonyl (C=O) groups is 3. The van der Waals surface area contributed by atoms with Gasteiger partial charge >= 0.3 is 0 Å². The van der Waals surface area contributed by atoms with Gasteiger partial charge in [-0.15, -0.1) is 0 Å². The number of benzene rings is 1. The monoisotopic (exact) mass is 362 g/mol. The molecule has 2 rings (SSSR count). The quantitative estimate of drug-likeness (QED) is 0.799. The summed E-state index contributed by atoms with van der Waals surface area (Å²) >= 11 is 0. The summed E-state index contributed by atoms with van der Waals surface area (Å²) in [5.74, 6) is 0.945. The second kappa shape index (κ2) is 9.22. The zero-order chi connectivity index (χ0) is 19.1. The van der Waals surface area contributed by atoms with Gasteiger partial charge in [-0.25, -0.2) is 0 Å². The number of carbonyl (C=O) groups excluding carboxylic acids is 3. The number of hydrogen-bond acceptors (Lipinski definition) is 5. The van der Waals surface area contributed by atoms with Gasteiger partial charge < -0.3 is 24.5 Å². The van der Waals surface area contributed by atoms with Crippen LogP contribution in [0.5, 0.6) is 11.5 Å². The van der Waals surface area contributed by atoms with E-state index in [-0.39, 0.29) is 36.5 Å². The Hall–Kier alpha value is -2.57. The Morgan fingerprint density at radius 2 is 1.62 bits per heavy atom. The molecular weight excluding hydrogens is 336 g/mol. The first-order valence-corrected chi connectivity index (χ1v) is 8.74. The molecule has 7 heteroatoms. The Labute approximate surface area is 153 Å². The van der Waals surface area contributed by atoms with Crippen LogP contribution in [0, 0.1) is 0 Å². The number of ketones is 1. The third-order valence-corrected chi connectivity index (χ3v) is 4.49. The third kappa shape index (κ3) is 5.47. The maximum absolute atomic E-state index is 12.5. The van der Waals surface area contributed by atoms with E-state index >= 15 is 0 Å². The van der Waals surface area contributed by atoms with Crippen LogP contribution in [-0.2, 0) is 9.59 Å². The Bertz CT molecular complexity index is 644. The summed E-state index contributed by atoms with van der Waals surface area (Å²) in [4.78, 5) is 37.3. The third-order valence-electron chi connectivity index (χ3n) is 4.49. The highest BCUT2D eigenvalue weighted by molar-refractivity contribution is 5.95. The minimum atomic E-state index is -0.191. The number of piperidine rings is 1. The summed E-state index contributed by atoms with van der Waals surface area (Å²) in [5, 5.41) is 3.01. The molecule has 142 valence electrons. The molecular formula is C19H26N2O5. The number of nitrogens with zero attached hydrogens (tertiary/aromatic N) is 1. The van der Waals surface area contributed by atoms with Gasteiger partial charge in [0.25, 0.3) is 5.91 Å². The Morgan fingerprint density at radius 3 is 2.12 bits per heavy atom. The number of methoxy groups -OCH3 is 2. The molecule has 1 N–H and O–H groups in total. The van der Waals surface area contributed by atoms with Crippen molar-refractivity contribution in [2.45, 2.75) is 38.6 Å². The summed E-state index contributed by atoms with van der Waals surface area (Å²) in [6.45, 7) is 2.66. The lowest BCUT2D eigenvalue weighted by atomic mass is 10.0. The van der Waals surface area contributed by atoms with Crippen molar-refractivity contribution in [1.29, 1.82) is 0 Å². The molecule has 1 heterocycles. The highest BCUT2D eigenvalue weighted by atomic mass is 16.5. The fraction of sp³-hybridized carbons (Fsp3) is 0.526. The van der Waals surface area contributed by atoms with E-state index in [2.05, 4.69) is 5.32 Å². The summed E-state index contributed by atoms with van der Waals surface area (Å²) < 4.78 is 10.4. The molecule has 1 aromatic rings. The van der Waals surface area contributed by atoms with Crippen molar-refractivity contribution in [3.63, 3.8) is 0 Å². The predicted octanol–water partition coefficient (Wildman–Crippen LogP) is 1.79. The summed E-state index contributed by atoms with van der Waals surface area (Å²) in [7, 11) is 3.07. The topological polar surface area (TPSA) is 84.9 Å². The van der Waals surface area contributed by atoms with Crippen LogP contribution in [0.4, 0.5) is 0 Å². The first kappa shape index (κ1) is 19.8. The molecule has 1 aromatic carbocycles. The fourth-order valence-corrected chi connectivity index (χ4v) is 2.92. The average molecular weight is 362 g/mol. The summed E-state index contributed by atoms with van der Waals surface area (Å²) in [6, 6.07) is 5.05. The van der Waals surface area contributed by atoms with Crippen LogP contribution in [-0.4, -0.2) is 55.8 Å². The number of amides is 2. The first-order valence-electron chi connectivity index (χ1n) is 8.74. The number of likely N-dealkylation sites (tertiary alicyclic amines) is 1. The largest absolute Gasteiger partial charge is 0.497 e. The molecule has 0 saturated carbocycles. The lowest BCUT2D eigenvalue weighted by Gasteiger charge is -2.32. The van der Waals surface area contributed by atoms with Crippen molar-refractivity contribution in [2.75, 3.05) is 27.3 Å². The average Bonchev–Trinajstić information content (AvgIpc) is 2.66. The predicted molar refractivity (Wildman–Crippen MR) is 96.5 cm³/mol. The van der Waals surface area contributed by atoms with E-state index in [1.807, 2.05) is 0 Å². The number of Topliss-reactive ketones (excluding diaryl/α,β-unsaturated/α-hetero) is 1. The van der Waals surface area contributed by atoms with Gasteiger partial charge in [0.2, 0.25) is 5.91 Å². The number of hydrogen-bond donors (Lipinski definition) is 1. The second-order valence-electron chi connectivity index (χ2n) is 6.43. The molecule has 0 atom stereocenters. The van der Waals surface area contributed by atoms with Gasteiger partial charge in [0.1, 0.15) is 17.3 Å². The normalized spacial score (nSPS) is 14.7. The minimum absolute atomic E-state index is 0.00232. The lowest BCUT2D eigenvalue weighted by molar-refractivity contribution is -0.133. The Balaban J connectivity index is 1.88. The zero-order valence-electron chi connectivity index (χ0n) is 15.5. The smallest absolute Gasteiger partial charge is 0.251 e. The van der Waals surface area contributed by atoms with Crippen molar-refractivity contribution in [3.8, 4) is 11.5 Å². The number of ether oxygens (including phenoxy) is 2. The highest BCUT2D eigenvalue weighted by Gasteiger charge is 2.24. The van der Waals surface area contributed by atoms with Gasteiger partial charge in [-0.1, -0.05) is 0 Å². The molecule has 26 heavy (non-hydrogen) atoms. The van der Waals surface area contributed by atoms with Crippen LogP contribution in [0.2, 0.25) is 0 Å². The van der Waals surface area contributed by atoms with Crippen molar-refractivity contribution in [2.24, 2.45) is 0 Å². The summed E-state index contributed by atoms with van der Waals surface area (Å²) in [6.07, 6.45) is 1.93. The lowest BCUT2D eigenvalue weighted by Crippen LogP contribution is -2.46. The van der Waals surface area contributed by atoms with Gasteiger partial charge in [0.05, 0.1) is 14.2 Å². The number of rotatable bonds is 7. The van der Waals surface area contributed by atoms with E-state index < -0.39 is 0 Å². The molecule has 0 aliphatic carbocycles. The van der Waals surface area contributed by atoms with Gasteiger partial charge in [0, 0.05) is 43.6 Å². The molecule has 2 amide bonds. The van der Waals surface area contributed by atoms with Crippen LogP contribution in [0.15, 0.2) is 18.2 Å². The van der Waals surface area contributed by atoms with Crippen molar-refractivity contribution < 1.29 is 23.9 Å². The van der Waals surface area contributed by atoms with Gasteiger partial charge in [-0.3, -0.25) is 9.59 Å². The van der Waals surface area contributed by atoms with Crippen LogP contribution in [0.25, 0.3) is 0 Å². The molecule has 1 fully saturated rings. The summed E-state index contributed by atoms with van der Waals surface area (Å²) in [5.41, 5.74) is 0.473. The van der Waals surface area contributed by atoms with Crippen LogP contribution < -0.4 is 14.8 Å². The molecule has 0 spiro atoms. The van der Waals surface area contributed by atoms with E-state index in [1.165, 1.54) is 21.1 Å². The standard InChI is InChI=1S/C19H26N2O5/c1-13(22)4-5-18(23)21-8-6-15(7-9-21)20-19(24)14-10-16(25-2)12-17(11-14)26-3/h10-12,15H,4-9H2,1-3H3,(H,20,24). The van der Waals surface area contributed by atoms with E-state index in [0.29, 0.717) is 43.0 Å². The molecule has 0 radical (unpaired) electrons.